The Bertz CT molecular complexity index is 925. The van der Waals surface area contributed by atoms with E-state index in [0.717, 1.165) is 22.6 Å². The summed E-state index contributed by atoms with van der Waals surface area (Å²) in [5, 5.41) is 13.3. The lowest BCUT2D eigenvalue weighted by Gasteiger charge is -2.09. The molecule has 0 radical (unpaired) electrons. The van der Waals surface area contributed by atoms with Gasteiger partial charge in [0.15, 0.2) is 5.17 Å². The normalized spacial score (nSPS) is 17.7. The fourth-order valence-corrected chi connectivity index (χ4v) is 3.43. The van der Waals surface area contributed by atoms with E-state index >= 15 is 0 Å². The van der Waals surface area contributed by atoms with Crippen molar-refractivity contribution in [3.05, 3.63) is 59.7 Å². The second-order valence-electron chi connectivity index (χ2n) is 6.09. The van der Waals surface area contributed by atoms with E-state index in [1.165, 1.54) is 11.8 Å². The van der Waals surface area contributed by atoms with E-state index in [0.29, 0.717) is 5.17 Å². The smallest absolute Gasteiger partial charge is 0.240 e. The van der Waals surface area contributed by atoms with Crippen LogP contribution in [-0.4, -0.2) is 35.6 Å². The van der Waals surface area contributed by atoms with Gasteiger partial charge in [-0.3, -0.25) is 9.59 Å². The second-order valence-corrected chi connectivity index (χ2v) is 7.28. The van der Waals surface area contributed by atoms with Gasteiger partial charge in [0.2, 0.25) is 11.8 Å². The van der Waals surface area contributed by atoms with Crippen molar-refractivity contribution in [1.82, 2.24) is 5.32 Å². The van der Waals surface area contributed by atoms with Gasteiger partial charge in [-0.05, 0) is 48.4 Å². The van der Waals surface area contributed by atoms with Gasteiger partial charge in [0.1, 0.15) is 11.0 Å². The molecule has 1 saturated heterocycles. The average molecular weight is 396 g/mol. The van der Waals surface area contributed by atoms with Crippen LogP contribution in [0.4, 0.5) is 5.69 Å². The SMILES string of the molecule is COc1ccc(/C=N\N=C2/NC(=O)[C@H](CC(=O)Nc3ccccc3C)S2)cc1. The molecule has 28 heavy (non-hydrogen) atoms. The van der Waals surface area contributed by atoms with Gasteiger partial charge in [0.25, 0.3) is 0 Å². The van der Waals surface area contributed by atoms with Gasteiger partial charge in [0, 0.05) is 12.1 Å². The van der Waals surface area contributed by atoms with E-state index < -0.39 is 5.25 Å². The number of anilines is 1. The molecule has 0 saturated carbocycles. The van der Waals surface area contributed by atoms with Crippen molar-refractivity contribution in [1.29, 1.82) is 0 Å². The van der Waals surface area contributed by atoms with E-state index in [1.807, 2.05) is 55.5 Å². The van der Waals surface area contributed by atoms with Crippen LogP contribution in [0, 0.1) is 6.92 Å². The van der Waals surface area contributed by atoms with Crippen LogP contribution in [0.1, 0.15) is 17.5 Å². The van der Waals surface area contributed by atoms with Crippen LogP contribution in [-0.2, 0) is 9.59 Å². The molecule has 2 amide bonds. The summed E-state index contributed by atoms with van der Waals surface area (Å²) in [6.07, 6.45) is 1.64. The number of nitrogens with one attached hydrogen (secondary N) is 2. The summed E-state index contributed by atoms with van der Waals surface area (Å²) in [5.41, 5.74) is 2.57. The molecule has 3 rings (SSSR count). The Hall–Kier alpha value is -3.13. The number of hydrogen-bond acceptors (Lipinski definition) is 6. The Labute approximate surface area is 167 Å². The molecule has 144 valence electrons. The molecule has 1 aliphatic rings. The van der Waals surface area contributed by atoms with Gasteiger partial charge in [-0.25, -0.2) is 0 Å². The van der Waals surface area contributed by atoms with Gasteiger partial charge in [-0.2, -0.15) is 5.10 Å². The van der Waals surface area contributed by atoms with Crippen molar-refractivity contribution in [3.8, 4) is 5.75 Å². The molecule has 2 N–H and O–H groups in total. The van der Waals surface area contributed by atoms with Crippen molar-refractivity contribution < 1.29 is 14.3 Å². The Balaban J connectivity index is 1.55. The maximum Gasteiger partial charge on any atom is 0.240 e. The molecule has 0 bridgehead atoms. The Morgan fingerprint density at radius 1 is 1.25 bits per heavy atom. The van der Waals surface area contributed by atoms with Crippen molar-refractivity contribution in [2.75, 3.05) is 12.4 Å². The van der Waals surface area contributed by atoms with Crippen molar-refractivity contribution >= 4 is 40.6 Å². The lowest BCUT2D eigenvalue weighted by molar-refractivity contribution is -0.122. The average Bonchev–Trinajstić information content (AvgIpc) is 3.03. The molecule has 0 spiro atoms. The highest BCUT2D eigenvalue weighted by Crippen LogP contribution is 2.23. The summed E-state index contributed by atoms with van der Waals surface area (Å²) in [4.78, 5) is 24.3. The van der Waals surface area contributed by atoms with Gasteiger partial charge in [-0.1, -0.05) is 30.0 Å². The summed E-state index contributed by atoms with van der Waals surface area (Å²) in [7, 11) is 1.60. The largest absolute Gasteiger partial charge is 0.497 e. The maximum atomic E-state index is 12.2. The van der Waals surface area contributed by atoms with Crippen LogP contribution in [0.2, 0.25) is 0 Å². The number of carbonyl (C=O) groups excluding carboxylic acids is 2. The minimum Gasteiger partial charge on any atom is -0.497 e. The number of para-hydroxylation sites is 1. The zero-order valence-corrected chi connectivity index (χ0v) is 16.3. The first-order valence-electron chi connectivity index (χ1n) is 8.63. The molecule has 1 atom stereocenters. The third-order valence-electron chi connectivity index (χ3n) is 4.04. The van der Waals surface area contributed by atoms with Crippen LogP contribution in [0.3, 0.4) is 0 Å². The van der Waals surface area contributed by atoms with E-state index in [1.54, 1.807) is 13.3 Å². The molecule has 2 aromatic carbocycles. The number of ether oxygens (including phenoxy) is 1. The molecule has 8 heteroatoms. The number of methoxy groups -OCH3 is 1. The predicted octanol–water partition coefficient (Wildman–Crippen LogP) is 2.95. The molecule has 7 nitrogen and oxygen atoms in total. The number of rotatable bonds is 6. The maximum absolute atomic E-state index is 12.2. The Morgan fingerprint density at radius 2 is 2.00 bits per heavy atom. The lowest BCUT2D eigenvalue weighted by Crippen LogP contribution is -2.28. The molecule has 0 aliphatic carbocycles. The first-order chi connectivity index (χ1) is 13.5. The third kappa shape index (κ3) is 5.20. The predicted molar refractivity (Wildman–Crippen MR) is 112 cm³/mol. The number of benzene rings is 2. The zero-order valence-electron chi connectivity index (χ0n) is 15.5. The summed E-state index contributed by atoms with van der Waals surface area (Å²) in [6, 6.07) is 14.8. The molecule has 2 aromatic rings. The fraction of sp³-hybridized carbons (Fsp3) is 0.200. The number of aryl methyl sites for hydroxylation is 1. The Kier molecular flexibility index (Phi) is 6.44. The van der Waals surface area contributed by atoms with Gasteiger partial charge in [0.05, 0.1) is 13.3 Å². The van der Waals surface area contributed by atoms with E-state index in [-0.39, 0.29) is 18.2 Å². The van der Waals surface area contributed by atoms with Crippen LogP contribution in [0.15, 0.2) is 58.7 Å². The van der Waals surface area contributed by atoms with Crippen LogP contribution in [0.25, 0.3) is 0 Å². The number of amidine groups is 1. The highest BCUT2D eigenvalue weighted by atomic mass is 32.2. The second kappa shape index (κ2) is 9.18. The summed E-state index contributed by atoms with van der Waals surface area (Å²) in [6.45, 7) is 1.91. The number of hydrogen-bond donors (Lipinski definition) is 2. The summed E-state index contributed by atoms with van der Waals surface area (Å²) >= 11 is 1.20. The number of amides is 2. The molecule has 1 heterocycles. The summed E-state index contributed by atoms with van der Waals surface area (Å²) < 4.78 is 5.10. The fourth-order valence-electron chi connectivity index (χ4n) is 2.51. The molecular weight excluding hydrogens is 376 g/mol. The third-order valence-corrected chi connectivity index (χ3v) is 5.11. The van der Waals surface area contributed by atoms with Crippen molar-refractivity contribution in [3.63, 3.8) is 0 Å². The van der Waals surface area contributed by atoms with E-state index in [9.17, 15) is 9.59 Å². The van der Waals surface area contributed by atoms with Gasteiger partial charge in [-0.15, -0.1) is 5.10 Å². The zero-order chi connectivity index (χ0) is 19.9. The van der Waals surface area contributed by atoms with Crippen LogP contribution in [0.5, 0.6) is 5.75 Å². The van der Waals surface area contributed by atoms with Crippen LogP contribution < -0.4 is 15.4 Å². The Morgan fingerprint density at radius 3 is 2.71 bits per heavy atom. The van der Waals surface area contributed by atoms with Gasteiger partial charge >= 0.3 is 0 Å². The van der Waals surface area contributed by atoms with Crippen LogP contribution >= 0.6 is 11.8 Å². The van der Waals surface area contributed by atoms with Crippen molar-refractivity contribution in [2.45, 2.75) is 18.6 Å². The van der Waals surface area contributed by atoms with E-state index in [4.69, 9.17) is 4.74 Å². The topological polar surface area (TPSA) is 92.2 Å². The highest BCUT2D eigenvalue weighted by Gasteiger charge is 2.32. The minimum absolute atomic E-state index is 0.0616. The highest BCUT2D eigenvalue weighted by molar-refractivity contribution is 8.15. The monoisotopic (exact) mass is 396 g/mol. The molecule has 0 unspecified atom stereocenters. The molecular formula is C20H20N4O3S. The first kappa shape index (κ1) is 19.6. The number of thioether (sulfide) groups is 1. The lowest BCUT2D eigenvalue weighted by atomic mass is 10.2. The standard InChI is InChI=1S/C20H20N4O3S/c1-13-5-3-4-6-16(13)22-18(25)11-17-19(26)23-20(28-17)24-21-12-14-7-9-15(27-2)10-8-14/h3-10,12,17H,11H2,1-2H3,(H,22,25)(H,23,24,26)/b21-12-/t17-/m0/s1. The van der Waals surface area contributed by atoms with Crippen molar-refractivity contribution in [2.24, 2.45) is 10.2 Å². The summed E-state index contributed by atoms with van der Waals surface area (Å²) in [5.74, 6) is 0.294. The minimum atomic E-state index is -0.529. The number of carbonyl (C=O) groups is 2. The first-order valence-corrected chi connectivity index (χ1v) is 9.51. The quantitative estimate of drug-likeness (QED) is 0.580. The number of nitrogens with zero attached hydrogens (tertiary/aromatic N) is 2. The van der Waals surface area contributed by atoms with E-state index in [2.05, 4.69) is 20.8 Å². The van der Waals surface area contributed by atoms with Gasteiger partial charge < -0.3 is 15.4 Å². The molecule has 0 aromatic heterocycles. The molecule has 1 fully saturated rings. The molecule has 1 aliphatic heterocycles.